The number of rotatable bonds is 3. The second-order valence-electron chi connectivity index (χ2n) is 3.34. The molecule has 72 valence electrons. The Labute approximate surface area is 76.8 Å². The number of hydrogen-bond acceptors (Lipinski definition) is 4. The van der Waals surface area contributed by atoms with Crippen LogP contribution < -0.4 is 5.32 Å². The third-order valence-corrected chi connectivity index (χ3v) is 2.43. The van der Waals surface area contributed by atoms with Crippen molar-refractivity contribution in [1.29, 1.82) is 0 Å². The van der Waals surface area contributed by atoms with Gasteiger partial charge in [0.15, 0.2) is 0 Å². The van der Waals surface area contributed by atoms with E-state index < -0.39 is 0 Å². The van der Waals surface area contributed by atoms with E-state index >= 15 is 0 Å². The van der Waals surface area contributed by atoms with Crippen molar-refractivity contribution in [2.75, 3.05) is 19.7 Å². The summed E-state index contributed by atoms with van der Waals surface area (Å²) in [6.45, 7) is 4.61. The molecule has 2 heterocycles. The molecule has 2 rings (SSSR count). The molecule has 1 aromatic rings. The molecule has 5 heteroatoms. The van der Waals surface area contributed by atoms with Crippen LogP contribution in [0.4, 0.5) is 0 Å². The van der Waals surface area contributed by atoms with E-state index in [9.17, 15) is 0 Å². The minimum absolute atomic E-state index is 0.145. The predicted octanol–water partition coefficient (Wildman–Crippen LogP) is -0.734. The molecule has 0 aromatic carbocycles. The van der Waals surface area contributed by atoms with Crippen LogP contribution in [0.3, 0.4) is 0 Å². The van der Waals surface area contributed by atoms with Crippen LogP contribution in [0.2, 0.25) is 0 Å². The Bertz CT molecular complexity index is 292. The molecule has 0 atom stereocenters. The molecule has 0 saturated carbocycles. The van der Waals surface area contributed by atoms with E-state index in [-0.39, 0.29) is 6.61 Å². The molecular weight excluding hydrogens is 168 g/mol. The van der Waals surface area contributed by atoms with Crippen molar-refractivity contribution in [3.63, 3.8) is 0 Å². The molecule has 0 radical (unpaired) electrons. The van der Waals surface area contributed by atoms with Gasteiger partial charge < -0.3 is 15.0 Å². The number of hydrogen-bond donors (Lipinski definition) is 2. The van der Waals surface area contributed by atoms with Crippen molar-refractivity contribution >= 4 is 0 Å². The quantitative estimate of drug-likeness (QED) is 0.646. The maximum absolute atomic E-state index is 8.87. The van der Waals surface area contributed by atoms with Crippen molar-refractivity contribution in [3.05, 3.63) is 11.6 Å². The van der Waals surface area contributed by atoms with Crippen LogP contribution in [0, 0.1) is 6.92 Å². The first-order chi connectivity index (χ1) is 6.33. The highest BCUT2D eigenvalue weighted by Crippen LogP contribution is 2.18. The van der Waals surface area contributed by atoms with Crippen molar-refractivity contribution in [2.24, 2.45) is 0 Å². The van der Waals surface area contributed by atoms with E-state index in [1.165, 1.54) is 0 Å². The molecule has 0 aliphatic carbocycles. The fraction of sp³-hybridized carbons (Fsp3) is 0.750. The number of nitrogens with zero attached hydrogens (tertiary/aromatic N) is 3. The summed E-state index contributed by atoms with van der Waals surface area (Å²) in [5.74, 6) is 2.37. The van der Waals surface area contributed by atoms with Gasteiger partial charge in [0.2, 0.25) is 0 Å². The zero-order valence-corrected chi connectivity index (χ0v) is 7.69. The van der Waals surface area contributed by atoms with Crippen molar-refractivity contribution in [1.82, 2.24) is 20.1 Å². The monoisotopic (exact) mass is 182 g/mol. The number of nitrogens with one attached hydrogen (secondary N) is 1. The number of aliphatic hydroxyl groups excluding tert-OH is 1. The maximum Gasteiger partial charge on any atom is 0.138 e. The average molecular weight is 182 g/mol. The fourth-order valence-electron chi connectivity index (χ4n) is 1.55. The van der Waals surface area contributed by atoms with E-state index in [0.29, 0.717) is 12.5 Å². The molecule has 0 unspecified atom stereocenters. The minimum atomic E-state index is 0.145. The summed E-state index contributed by atoms with van der Waals surface area (Å²) in [7, 11) is 0. The highest BCUT2D eigenvalue weighted by atomic mass is 16.3. The zero-order valence-electron chi connectivity index (χ0n) is 7.69. The van der Waals surface area contributed by atoms with Gasteiger partial charge in [0.1, 0.15) is 11.6 Å². The average Bonchev–Trinajstić information content (AvgIpc) is 2.33. The highest BCUT2D eigenvalue weighted by molar-refractivity contribution is 5.06. The largest absolute Gasteiger partial charge is 0.395 e. The van der Waals surface area contributed by atoms with Crippen molar-refractivity contribution < 1.29 is 5.11 Å². The third-order valence-electron chi connectivity index (χ3n) is 2.43. The molecule has 0 amide bonds. The van der Waals surface area contributed by atoms with Gasteiger partial charge in [0.05, 0.1) is 6.61 Å². The van der Waals surface area contributed by atoms with Gasteiger partial charge >= 0.3 is 0 Å². The summed E-state index contributed by atoms with van der Waals surface area (Å²) < 4.78 is 1.99. The Morgan fingerprint density at radius 2 is 2.31 bits per heavy atom. The summed E-state index contributed by atoms with van der Waals surface area (Å²) in [4.78, 5) is 0. The summed E-state index contributed by atoms with van der Waals surface area (Å²) in [6.07, 6.45) is 0. The molecule has 5 nitrogen and oxygen atoms in total. The molecule has 1 aliphatic rings. The van der Waals surface area contributed by atoms with Crippen LogP contribution >= 0.6 is 0 Å². The topological polar surface area (TPSA) is 63.0 Å². The molecule has 1 aromatic heterocycles. The summed E-state index contributed by atoms with van der Waals surface area (Å²) in [5, 5.41) is 20.2. The SMILES string of the molecule is Cc1nnc(C2CNC2)n1CCO. The molecule has 1 aliphatic heterocycles. The lowest BCUT2D eigenvalue weighted by Crippen LogP contribution is -2.41. The lowest BCUT2D eigenvalue weighted by molar-refractivity contribution is 0.269. The van der Waals surface area contributed by atoms with Gasteiger partial charge in [-0.25, -0.2) is 0 Å². The smallest absolute Gasteiger partial charge is 0.138 e. The van der Waals surface area contributed by atoms with Crippen LogP contribution in [0.5, 0.6) is 0 Å². The molecule has 2 N–H and O–H groups in total. The van der Waals surface area contributed by atoms with Crippen molar-refractivity contribution in [3.8, 4) is 0 Å². The third kappa shape index (κ3) is 1.45. The second kappa shape index (κ2) is 3.43. The summed E-state index contributed by atoms with van der Waals surface area (Å²) >= 11 is 0. The normalized spacial score (nSPS) is 17.4. The predicted molar refractivity (Wildman–Crippen MR) is 47.5 cm³/mol. The first-order valence-electron chi connectivity index (χ1n) is 4.54. The van der Waals surface area contributed by atoms with Gasteiger partial charge in [-0.15, -0.1) is 10.2 Å². The van der Waals surface area contributed by atoms with Gasteiger partial charge in [0.25, 0.3) is 0 Å². The maximum atomic E-state index is 8.87. The molecular formula is C8H14N4O. The van der Waals surface area contributed by atoms with Crippen LogP contribution in [-0.4, -0.2) is 39.6 Å². The van der Waals surface area contributed by atoms with Crippen LogP contribution in [0.15, 0.2) is 0 Å². The summed E-state index contributed by atoms with van der Waals surface area (Å²) in [5.41, 5.74) is 0. The van der Waals surface area contributed by atoms with Crippen LogP contribution in [0.25, 0.3) is 0 Å². The van der Waals surface area contributed by atoms with E-state index in [1.54, 1.807) is 0 Å². The molecule has 1 saturated heterocycles. The number of aromatic nitrogens is 3. The molecule has 13 heavy (non-hydrogen) atoms. The Morgan fingerprint density at radius 3 is 2.85 bits per heavy atom. The van der Waals surface area contributed by atoms with Gasteiger partial charge in [-0.3, -0.25) is 0 Å². The first kappa shape index (κ1) is 8.65. The van der Waals surface area contributed by atoms with E-state index in [2.05, 4.69) is 15.5 Å². The molecule has 1 fully saturated rings. The Morgan fingerprint density at radius 1 is 1.54 bits per heavy atom. The van der Waals surface area contributed by atoms with Crippen LogP contribution in [-0.2, 0) is 6.54 Å². The lowest BCUT2D eigenvalue weighted by Gasteiger charge is -2.26. The standard InChI is InChI=1S/C8H14N4O/c1-6-10-11-8(7-4-9-5-7)12(6)2-3-13/h7,9,13H,2-5H2,1H3. The highest BCUT2D eigenvalue weighted by Gasteiger charge is 2.24. The lowest BCUT2D eigenvalue weighted by atomic mass is 10.0. The first-order valence-corrected chi connectivity index (χ1v) is 4.54. The summed E-state index contributed by atoms with van der Waals surface area (Å²) in [6, 6.07) is 0. The van der Waals surface area contributed by atoms with Gasteiger partial charge in [-0.05, 0) is 6.92 Å². The number of aliphatic hydroxyl groups is 1. The van der Waals surface area contributed by atoms with E-state index in [0.717, 1.165) is 24.7 Å². The van der Waals surface area contributed by atoms with Crippen LogP contribution in [0.1, 0.15) is 17.6 Å². The second-order valence-corrected chi connectivity index (χ2v) is 3.34. The fourth-order valence-corrected chi connectivity index (χ4v) is 1.55. The Balaban J connectivity index is 2.22. The number of aryl methyl sites for hydroxylation is 1. The Kier molecular flexibility index (Phi) is 2.28. The van der Waals surface area contributed by atoms with E-state index in [1.807, 2.05) is 11.5 Å². The van der Waals surface area contributed by atoms with Gasteiger partial charge in [0, 0.05) is 25.6 Å². The zero-order chi connectivity index (χ0) is 9.26. The van der Waals surface area contributed by atoms with Gasteiger partial charge in [-0.1, -0.05) is 0 Å². The minimum Gasteiger partial charge on any atom is -0.395 e. The van der Waals surface area contributed by atoms with E-state index in [4.69, 9.17) is 5.11 Å². The van der Waals surface area contributed by atoms with Crippen molar-refractivity contribution in [2.45, 2.75) is 19.4 Å². The molecule has 0 spiro atoms. The molecule has 0 bridgehead atoms. The van der Waals surface area contributed by atoms with Gasteiger partial charge in [-0.2, -0.15) is 0 Å². The Hall–Kier alpha value is -0.940.